The van der Waals surface area contributed by atoms with Crippen LogP contribution in [0.15, 0.2) is 91.0 Å². The van der Waals surface area contributed by atoms with E-state index < -0.39 is 6.09 Å². The number of nitrogens with zero attached hydrogens (tertiary/aromatic N) is 1. The molecule has 0 aliphatic carbocycles. The smallest absolute Gasteiger partial charge is 0.412 e. The number of hydrogen-bond acceptors (Lipinski definition) is 4. The highest BCUT2D eigenvalue weighted by Crippen LogP contribution is 2.37. The molecule has 1 aromatic heterocycles. The van der Waals surface area contributed by atoms with Crippen molar-refractivity contribution in [2.45, 2.75) is 26.9 Å². The van der Waals surface area contributed by atoms with Gasteiger partial charge in [0, 0.05) is 0 Å². The lowest BCUT2D eigenvalue weighted by Gasteiger charge is -2.15. The Hall–Kier alpha value is -3.96. The second-order valence-corrected chi connectivity index (χ2v) is 9.47. The molecule has 0 saturated carbocycles. The number of carbonyl (C=O) groups excluding carboxylic acids is 1. The van der Waals surface area contributed by atoms with Gasteiger partial charge in [0.2, 0.25) is 0 Å². The number of aryl methyl sites for hydroxylation is 2. The standard InChI is InChI=1S/C30H26N2O2S/c1-19-9-11-23(12-10-19)24-13-14-26-18-27(16-15-25(26)17-24)29-28(20(2)32-35-29)31-30(33)34-21(3)22-7-5-4-6-8-22/h4-18,21H,1-3H3,(H,31,33)/t21-/m1/s1. The summed E-state index contributed by atoms with van der Waals surface area (Å²) in [5, 5.41) is 5.23. The molecule has 4 nitrogen and oxygen atoms in total. The zero-order valence-corrected chi connectivity index (χ0v) is 20.7. The Morgan fingerprint density at radius 2 is 1.46 bits per heavy atom. The van der Waals surface area contributed by atoms with E-state index in [1.807, 2.05) is 44.2 Å². The molecule has 1 amide bonds. The minimum Gasteiger partial charge on any atom is -0.441 e. The van der Waals surface area contributed by atoms with Crippen LogP contribution in [-0.4, -0.2) is 10.5 Å². The number of anilines is 1. The first kappa shape index (κ1) is 22.8. The first-order chi connectivity index (χ1) is 17.0. The zero-order chi connectivity index (χ0) is 24.4. The molecule has 1 N–H and O–H groups in total. The van der Waals surface area contributed by atoms with E-state index in [-0.39, 0.29) is 6.10 Å². The summed E-state index contributed by atoms with van der Waals surface area (Å²) in [6.45, 7) is 5.85. The molecule has 35 heavy (non-hydrogen) atoms. The molecule has 5 aromatic rings. The van der Waals surface area contributed by atoms with Crippen LogP contribution in [0.2, 0.25) is 0 Å². The lowest BCUT2D eigenvalue weighted by atomic mass is 9.99. The topological polar surface area (TPSA) is 51.2 Å². The maximum absolute atomic E-state index is 12.7. The summed E-state index contributed by atoms with van der Waals surface area (Å²) in [6, 6.07) is 31.1. The summed E-state index contributed by atoms with van der Waals surface area (Å²) in [4.78, 5) is 13.6. The van der Waals surface area contributed by atoms with Crippen LogP contribution >= 0.6 is 11.5 Å². The molecule has 0 aliphatic rings. The highest BCUT2D eigenvalue weighted by Gasteiger charge is 2.18. The molecule has 0 radical (unpaired) electrons. The van der Waals surface area contributed by atoms with Crippen molar-refractivity contribution in [1.29, 1.82) is 0 Å². The third kappa shape index (κ3) is 4.96. The number of hydrogen-bond donors (Lipinski definition) is 1. The number of fused-ring (bicyclic) bond motifs is 1. The lowest BCUT2D eigenvalue weighted by molar-refractivity contribution is 0.121. The van der Waals surface area contributed by atoms with E-state index in [1.165, 1.54) is 33.6 Å². The van der Waals surface area contributed by atoms with Crippen molar-refractivity contribution < 1.29 is 9.53 Å². The van der Waals surface area contributed by atoms with Crippen LogP contribution in [0.25, 0.3) is 32.3 Å². The third-order valence-electron chi connectivity index (χ3n) is 6.13. The van der Waals surface area contributed by atoms with Crippen molar-refractivity contribution in [2.75, 3.05) is 5.32 Å². The van der Waals surface area contributed by atoms with Crippen molar-refractivity contribution in [1.82, 2.24) is 4.37 Å². The molecule has 1 atom stereocenters. The van der Waals surface area contributed by atoms with Gasteiger partial charge in [-0.3, -0.25) is 5.32 Å². The highest BCUT2D eigenvalue weighted by molar-refractivity contribution is 7.10. The van der Waals surface area contributed by atoms with E-state index in [0.29, 0.717) is 5.69 Å². The van der Waals surface area contributed by atoms with Gasteiger partial charge >= 0.3 is 6.09 Å². The van der Waals surface area contributed by atoms with E-state index in [2.05, 4.69) is 77.3 Å². The molecule has 0 unspecified atom stereocenters. The summed E-state index contributed by atoms with van der Waals surface area (Å²) in [7, 11) is 0. The van der Waals surface area contributed by atoms with Crippen LogP contribution in [0.1, 0.15) is 29.8 Å². The first-order valence-electron chi connectivity index (χ1n) is 11.6. The van der Waals surface area contributed by atoms with Gasteiger partial charge in [-0.1, -0.05) is 84.4 Å². The highest BCUT2D eigenvalue weighted by atomic mass is 32.1. The third-order valence-corrected chi connectivity index (χ3v) is 7.12. The van der Waals surface area contributed by atoms with E-state index >= 15 is 0 Å². The fourth-order valence-electron chi connectivity index (χ4n) is 4.11. The second-order valence-electron chi connectivity index (χ2n) is 8.70. The quantitative estimate of drug-likeness (QED) is 0.275. The van der Waals surface area contributed by atoms with Gasteiger partial charge < -0.3 is 4.74 Å². The summed E-state index contributed by atoms with van der Waals surface area (Å²) in [5.41, 5.74) is 7.06. The molecule has 0 saturated heterocycles. The van der Waals surface area contributed by atoms with Crippen molar-refractivity contribution in [2.24, 2.45) is 0 Å². The molecule has 0 aliphatic heterocycles. The number of nitrogens with one attached hydrogen (secondary N) is 1. The number of rotatable bonds is 5. The summed E-state index contributed by atoms with van der Waals surface area (Å²) in [6.07, 6.45) is -0.843. The molecule has 4 aromatic carbocycles. The van der Waals surface area contributed by atoms with Gasteiger partial charge in [-0.15, -0.1) is 0 Å². The van der Waals surface area contributed by atoms with Crippen LogP contribution in [0, 0.1) is 13.8 Å². The van der Waals surface area contributed by atoms with Gasteiger partial charge in [-0.05, 0) is 77.5 Å². The molecule has 174 valence electrons. The normalized spacial score (nSPS) is 11.9. The van der Waals surface area contributed by atoms with E-state index in [0.717, 1.165) is 27.1 Å². The molecular weight excluding hydrogens is 452 g/mol. The molecule has 0 fully saturated rings. The van der Waals surface area contributed by atoms with Crippen LogP contribution < -0.4 is 5.32 Å². The Kier molecular flexibility index (Phi) is 6.34. The fraction of sp³-hybridized carbons (Fsp3) is 0.133. The molecule has 1 heterocycles. The van der Waals surface area contributed by atoms with Gasteiger partial charge in [-0.25, -0.2) is 4.79 Å². The maximum Gasteiger partial charge on any atom is 0.412 e. The minimum absolute atomic E-state index is 0.352. The summed E-state index contributed by atoms with van der Waals surface area (Å²) < 4.78 is 10.1. The Bertz CT molecular complexity index is 1490. The average Bonchev–Trinajstić information content (AvgIpc) is 3.24. The van der Waals surface area contributed by atoms with Crippen LogP contribution in [0.3, 0.4) is 0 Å². The molecular formula is C30H26N2O2S. The van der Waals surface area contributed by atoms with Crippen LogP contribution in [0.4, 0.5) is 10.5 Å². The SMILES string of the molecule is Cc1ccc(-c2ccc3cc(-c4snc(C)c4NC(=O)O[C@H](C)c4ccccc4)ccc3c2)cc1. The van der Waals surface area contributed by atoms with Crippen molar-refractivity contribution in [3.8, 4) is 21.6 Å². The van der Waals surface area contributed by atoms with E-state index in [9.17, 15) is 4.79 Å². The van der Waals surface area contributed by atoms with Gasteiger partial charge in [0.05, 0.1) is 16.3 Å². The first-order valence-corrected chi connectivity index (χ1v) is 12.4. The monoisotopic (exact) mass is 478 g/mol. The number of carbonyl (C=O) groups is 1. The minimum atomic E-state index is -0.491. The Morgan fingerprint density at radius 1 is 0.829 bits per heavy atom. The predicted octanol–water partition coefficient (Wildman–Crippen LogP) is 8.56. The molecule has 5 rings (SSSR count). The van der Waals surface area contributed by atoms with Gasteiger partial charge in [-0.2, -0.15) is 4.37 Å². The maximum atomic E-state index is 12.7. The number of ether oxygens (including phenoxy) is 1. The zero-order valence-electron chi connectivity index (χ0n) is 19.9. The summed E-state index contributed by atoms with van der Waals surface area (Å²) in [5.74, 6) is 0. The van der Waals surface area contributed by atoms with Gasteiger partial charge in [0.1, 0.15) is 6.10 Å². The van der Waals surface area contributed by atoms with E-state index in [4.69, 9.17) is 4.74 Å². The van der Waals surface area contributed by atoms with Gasteiger partial charge in [0.25, 0.3) is 0 Å². The Morgan fingerprint density at radius 3 is 2.17 bits per heavy atom. The Balaban J connectivity index is 1.38. The fourth-order valence-corrected chi connectivity index (χ4v) is 4.95. The van der Waals surface area contributed by atoms with Crippen LogP contribution in [-0.2, 0) is 4.74 Å². The predicted molar refractivity (Wildman–Crippen MR) is 145 cm³/mol. The van der Waals surface area contributed by atoms with Crippen molar-refractivity contribution in [3.05, 3.63) is 108 Å². The number of benzene rings is 4. The van der Waals surface area contributed by atoms with Crippen LogP contribution in [0.5, 0.6) is 0 Å². The molecule has 0 spiro atoms. The van der Waals surface area contributed by atoms with Crippen molar-refractivity contribution >= 4 is 34.1 Å². The number of aromatic nitrogens is 1. The molecule has 5 heteroatoms. The largest absolute Gasteiger partial charge is 0.441 e. The Labute approximate surface area is 209 Å². The van der Waals surface area contributed by atoms with E-state index in [1.54, 1.807) is 0 Å². The van der Waals surface area contributed by atoms with Gasteiger partial charge in [0.15, 0.2) is 0 Å². The second kappa shape index (κ2) is 9.72. The average molecular weight is 479 g/mol. The number of amides is 1. The molecule has 0 bridgehead atoms. The summed E-state index contributed by atoms with van der Waals surface area (Å²) >= 11 is 1.38. The van der Waals surface area contributed by atoms with Crippen molar-refractivity contribution in [3.63, 3.8) is 0 Å². The lowest BCUT2D eigenvalue weighted by Crippen LogP contribution is -2.16.